The quantitative estimate of drug-likeness (QED) is 0.543. The predicted molar refractivity (Wildman–Crippen MR) is 120 cm³/mol. The molecular weight excluding hydrogens is 410 g/mol. The van der Waals surface area contributed by atoms with Crippen LogP contribution in [0.3, 0.4) is 0 Å². The van der Waals surface area contributed by atoms with Crippen molar-refractivity contribution in [1.82, 2.24) is 24.9 Å². The molecular formula is C22H25N7O3. The lowest BCUT2D eigenvalue weighted by Crippen LogP contribution is -2.27. The van der Waals surface area contributed by atoms with Gasteiger partial charge in [0, 0.05) is 18.7 Å². The number of aromatic nitrogens is 5. The molecule has 0 fully saturated rings. The molecule has 0 saturated carbocycles. The maximum atomic E-state index is 12.1. The Labute approximate surface area is 185 Å². The molecule has 166 valence electrons. The minimum atomic E-state index is -0.631. The molecule has 0 saturated heterocycles. The van der Waals surface area contributed by atoms with Crippen molar-refractivity contribution in [2.45, 2.75) is 46.6 Å². The van der Waals surface area contributed by atoms with E-state index in [9.17, 15) is 9.59 Å². The van der Waals surface area contributed by atoms with Gasteiger partial charge in [0.25, 0.3) is 0 Å². The smallest absolute Gasteiger partial charge is 0.413 e. The molecule has 0 unspecified atom stereocenters. The van der Waals surface area contributed by atoms with Gasteiger partial charge in [-0.05, 0) is 39.3 Å². The van der Waals surface area contributed by atoms with Crippen molar-refractivity contribution in [3.8, 4) is 11.3 Å². The Balaban J connectivity index is 1.86. The van der Waals surface area contributed by atoms with E-state index in [0.717, 1.165) is 5.56 Å². The van der Waals surface area contributed by atoms with E-state index in [4.69, 9.17) is 4.74 Å². The molecule has 0 aliphatic carbocycles. The normalized spacial score (nSPS) is 11.0. The number of hydrogen-bond acceptors (Lipinski definition) is 9. The van der Waals surface area contributed by atoms with Crippen LogP contribution in [0.25, 0.3) is 11.3 Å². The Morgan fingerprint density at radius 2 is 1.81 bits per heavy atom. The molecule has 0 aromatic carbocycles. The van der Waals surface area contributed by atoms with Gasteiger partial charge in [-0.2, -0.15) is 0 Å². The maximum absolute atomic E-state index is 12.1. The van der Waals surface area contributed by atoms with E-state index in [1.54, 1.807) is 52.2 Å². The van der Waals surface area contributed by atoms with Crippen molar-refractivity contribution in [2.24, 2.45) is 0 Å². The number of ether oxygens (including phenoxy) is 1. The third-order valence-corrected chi connectivity index (χ3v) is 4.25. The van der Waals surface area contributed by atoms with Crippen molar-refractivity contribution in [3.63, 3.8) is 0 Å². The van der Waals surface area contributed by atoms with Crippen LogP contribution in [0, 0.1) is 6.92 Å². The molecule has 0 spiro atoms. The van der Waals surface area contributed by atoms with E-state index >= 15 is 0 Å². The fourth-order valence-corrected chi connectivity index (χ4v) is 2.75. The van der Waals surface area contributed by atoms with Crippen molar-refractivity contribution in [1.29, 1.82) is 0 Å². The second-order valence-corrected chi connectivity index (χ2v) is 7.99. The summed E-state index contributed by atoms with van der Waals surface area (Å²) in [5, 5.41) is 5.81. The average Bonchev–Trinajstić information content (AvgIpc) is 2.73. The van der Waals surface area contributed by atoms with Crippen LogP contribution in [0.1, 0.15) is 50.2 Å². The fraction of sp³-hybridized carbons (Fsp3) is 0.318. The van der Waals surface area contributed by atoms with E-state index in [1.807, 2.05) is 6.92 Å². The minimum Gasteiger partial charge on any atom is -0.444 e. The Morgan fingerprint density at radius 3 is 2.50 bits per heavy atom. The standard InChI is InChI=1S/C22H25N7O3/c1-6-18(30)16-7-13(2)17(10-24-16)28-20-14(9-23-11-27-20)15-8-19(26-12-25-15)29-21(31)32-22(3,4)5/h7-12H,6H2,1-5H3,(H,23,27,28)(H,25,26,29,31). The molecule has 0 atom stereocenters. The van der Waals surface area contributed by atoms with Gasteiger partial charge >= 0.3 is 6.09 Å². The molecule has 0 bridgehead atoms. The summed E-state index contributed by atoms with van der Waals surface area (Å²) in [4.78, 5) is 45.0. The first-order valence-corrected chi connectivity index (χ1v) is 10.1. The molecule has 10 nitrogen and oxygen atoms in total. The molecule has 3 rings (SSSR count). The number of anilines is 3. The summed E-state index contributed by atoms with van der Waals surface area (Å²) >= 11 is 0. The van der Waals surface area contributed by atoms with Crippen LogP contribution in [0.4, 0.5) is 22.1 Å². The van der Waals surface area contributed by atoms with Crippen molar-refractivity contribution in [2.75, 3.05) is 10.6 Å². The summed E-state index contributed by atoms with van der Waals surface area (Å²) < 4.78 is 5.26. The monoisotopic (exact) mass is 435 g/mol. The zero-order valence-corrected chi connectivity index (χ0v) is 18.6. The van der Waals surface area contributed by atoms with E-state index in [1.165, 1.54) is 12.7 Å². The second-order valence-electron chi connectivity index (χ2n) is 7.99. The highest BCUT2D eigenvalue weighted by Crippen LogP contribution is 2.28. The highest BCUT2D eigenvalue weighted by Gasteiger charge is 2.18. The van der Waals surface area contributed by atoms with E-state index in [0.29, 0.717) is 34.9 Å². The zero-order valence-electron chi connectivity index (χ0n) is 18.6. The lowest BCUT2D eigenvalue weighted by atomic mass is 10.1. The molecule has 0 aliphatic heterocycles. The van der Waals surface area contributed by atoms with E-state index in [2.05, 4.69) is 35.6 Å². The number of pyridine rings is 1. The SMILES string of the molecule is CCC(=O)c1cc(C)c(Nc2ncncc2-c2cc(NC(=O)OC(C)(C)C)ncn2)cn1. The highest BCUT2D eigenvalue weighted by molar-refractivity contribution is 5.94. The van der Waals surface area contributed by atoms with E-state index in [-0.39, 0.29) is 11.6 Å². The summed E-state index contributed by atoms with van der Waals surface area (Å²) in [6.45, 7) is 9.01. The van der Waals surface area contributed by atoms with Gasteiger partial charge in [-0.3, -0.25) is 15.1 Å². The second kappa shape index (κ2) is 9.46. The van der Waals surface area contributed by atoms with Crippen LogP contribution in [-0.4, -0.2) is 42.4 Å². The van der Waals surface area contributed by atoms with Crippen molar-refractivity contribution >= 4 is 29.2 Å². The van der Waals surface area contributed by atoms with Gasteiger partial charge in [-0.1, -0.05) is 6.92 Å². The van der Waals surface area contributed by atoms with Gasteiger partial charge in [0.1, 0.15) is 35.6 Å². The Morgan fingerprint density at radius 1 is 1.03 bits per heavy atom. The van der Waals surface area contributed by atoms with Crippen LogP contribution in [0.2, 0.25) is 0 Å². The number of amides is 1. The van der Waals surface area contributed by atoms with Crippen LogP contribution >= 0.6 is 0 Å². The number of nitrogens with zero attached hydrogens (tertiary/aromatic N) is 5. The zero-order chi connectivity index (χ0) is 23.3. The number of ketones is 1. The molecule has 0 radical (unpaired) electrons. The van der Waals surface area contributed by atoms with Gasteiger partial charge in [0.15, 0.2) is 5.78 Å². The molecule has 3 aromatic rings. The predicted octanol–water partition coefficient (Wildman–Crippen LogP) is 4.32. The van der Waals surface area contributed by atoms with Crippen molar-refractivity contribution < 1.29 is 14.3 Å². The molecule has 1 amide bonds. The molecule has 0 aliphatic rings. The van der Waals surface area contributed by atoms with Crippen molar-refractivity contribution in [3.05, 3.63) is 48.4 Å². The van der Waals surface area contributed by atoms with E-state index < -0.39 is 11.7 Å². The van der Waals surface area contributed by atoms with Gasteiger partial charge in [-0.25, -0.2) is 24.7 Å². The van der Waals surface area contributed by atoms with Crippen LogP contribution < -0.4 is 10.6 Å². The average molecular weight is 435 g/mol. The first-order chi connectivity index (χ1) is 15.2. The van der Waals surface area contributed by atoms with Crippen LogP contribution in [-0.2, 0) is 4.74 Å². The fourth-order valence-electron chi connectivity index (χ4n) is 2.75. The number of carbonyl (C=O) groups excluding carboxylic acids is 2. The summed E-state index contributed by atoms with van der Waals surface area (Å²) in [7, 11) is 0. The number of hydrogen-bond donors (Lipinski definition) is 2. The summed E-state index contributed by atoms with van der Waals surface area (Å²) in [5.41, 5.74) is 2.42. The highest BCUT2D eigenvalue weighted by atomic mass is 16.6. The third-order valence-electron chi connectivity index (χ3n) is 4.25. The number of nitrogens with one attached hydrogen (secondary N) is 2. The molecule has 3 aromatic heterocycles. The topological polar surface area (TPSA) is 132 Å². The summed E-state index contributed by atoms with van der Waals surface area (Å²) in [5.74, 6) is 0.745. The largest absolute Gasteiger partial charge is 0.444 e. The molecule has 2 N–H and O–H groups in total. The maximum Gasteiger partial charge on any atom is 0.413 e. The van der Waals surface area contributed by atoms with Crippen LogP contribution in [0.5, 0.6) is 0 Å². The lowest BCUT2D eigenvalue weighted by Gasteiger charge is -2.19. The summed E-state index contributed by atoms with van der Waals surface area (Å²) in [6, 6.07) is 3.34. The number of rotatable bonds is 6. The first kappa shape index (κ1) is 22.7. The minimum absolute atomic E-state index is 0.0200. The Hall–Kier alpha value is -3.95. The van der Waals surface area contributed by atoms with Gasteiger partial charge < -0.3 is 10.1 Å². The van der Waals surface area contributed by atoms with Gasteiger partial charge in [0.2, 0.25) is 0 Å². The molecule has 3 heterocycles. The first-order valence-electron chi connectivity index (χ1n) is 10.1. The lowest BCUT2D eigenvalue weighted by molar-refractivity contribution is 0.0635. The number of Topliss-reactive ketones (excluding diaryl/α,β-unsaturated/α-hetero) is 1. The molecule has 10 heteroatoms. The Kier molecular flexibility index (Phi) is 6.72. The summed E-state index contributed by atoms with van der Waals surface area (Å²) in [6.07, 6.45) is 5.71. The van der Waals surface area contributed by atoms with Gasteiger partial charge in [0.05, 0.1) is 23.1 Å². The molecule has 32 heavy (non-hydrogen) atoms. The van der Waals surface area contributed by atoms with Crippen LogP contribution in [0.15, 0.2) is 37.2 Å². The number of carbonyl (C=O) groups is 2. The van der Waals surface area contributed by atoms with Gasteiger partial charge in [-0.15, -0.1) is 0 Å². The third kappa shape index (κ3) is 5.81. The Bertz CT molecular complexity index is 1140. The number of aryl methyl sites for hydroxylation is 1.